The maximum Gasteiger partial charge on any atom is 0.359 e. The standard InChI is InChI=1S/C12H27O4P/c1-6-7-8-9-12(13)17(14,15-10(2)3)16-11(4)5/h10-13H,6-9H2,1-5H3/t12-/m0/s1. The van der Waals surface area contributed by atoms with Crippen LogP contribution in [0, 0.1) is 0 Å². The number of aliphatic hydroxyl groups is 1. The van der Waals surface area contributed by atoms with E-state index in [-0.39, 0.29) is 12.2 Å². The highest BCUT2D eigenvalue weighted by molar-refractivity contribution is 7.54. The zero-order valence-corrected chi connectivity index (χ0v) is 12.6. The van der Waals surface area contributed by atoms with Crippen LogP contribution in [-0.4, -0.2) is 23.2 Å². The first-order valence-corrected chi connectivity index (χ1v) is 8.07. The van der Waals surface area contributed by atoms with Gasteiger partial charge in [0.1, 0.15) is 0 Å². The highest BCUT2D eigenvalue weighted by Gasteiger charge is 2.36. The minimum absolute atomic E-state index is 0.222. The Bertz CT molecular complexity index is 227. The molecule has 0 heterocycles. The summed E-state index contributed by atoms with van der Waals surface area (Å²) in [4.78, 5) is 0. The van der Waals surface area contributed by atoms with Crippen LogP contribution in [-0.2, 0) is 13.6 Å². The number of aliphatic hydroxyl groups excluding tert-OH is 1. The lowest BCUT2D eigenvalue weighted by Gasteiger charge is -2.26. The van der Waals surface area contributed by atoms with Gasteiger partial charge in [-0.15, -0.1) is 0 Å². The third-order valence-corrected chi connectivity index (χ3v) is 4.57. The number of unbranched alkanes of at least 4 members (excludes halogenated alkanes) is 2. The van der Waals surface area contributed by atoms with Crippen LogP contribution in [0.3, 0.4) is 0 Å². The van der Waals surface area contributed by atoms with Crippen molar-refractivity contribution < 1.29 is 18.7 Å². The van der Waals surface area contributed by atoms with Gasteiger partial charge in [0.2, 0.25) is 0 Å². The molecule has 0 aromatic heterocycles. The van der Waals surface area contributed by atoms with E-state index in [0.29, 0.717) is 6.42 Å². The molecule has 0 aromatic rings. The summed E-state index contributed by atoms with van der Waals surface area (Å²) >= 11 is 0. The summed E-state index contributed by atoms with van der Waals surface area (Å²) in [6.07, 6.45) is 2.93. The molecule has 0 aromatic carbocycles. The lowest BCUT2D eigenvalue weighted by Crippen LogP contribution is -2.18. The lowest BCUT2D eigenvalue weighted by atomic mass is 10.2. The fraction of sp³-hybridized carbons (Fsp3) is 1.00. The molecule has 5 heteroatoms. The Hall–Kier alpha value is 0.110. The Morgan fingerprint density at radius 2 is 1.53 bits per heavy atom. The molecular formula is C12H27O4P. The minimum atomic E-state index is -3.41. The molecule has 0 amide bonds. The van der Waals surface area contributed by atoms with Gasteiger partial charge in [-0.1, -0.05) is 26.2 Å². The van der Waals surface area contributed by atoms with Crippen LogP contribution in [0.15, 0.2) is 0 Å². The summed E-state index contributed by atoms with van der Waals surface area (Å²) < 4.78 is 23.1. The Morgan fingerprint density at radius 1 is 1.06 bits per heavy atom. The quantitative estimate of drug-likeness (QED) is 0.507. The predicted molar refractivity (Wildman–Crippen MR) is 70.2 cm³/mol. The Kier molecular flexibility index (Phi) is 8.31. The van der Waals surface area contributed by atoms with Crippen LogP contribution in [0.2, 0.25) is 0 Å². The molecule has 1 atom stereocenters. The zero-order chi connectivity index (χ0) is 13.5. The molecule has 1 N–H and O–H groups in total. The molecule has 0 aliphatic carbocycles. The highest BCUT2D eigenvalue weighted by atomic mass is 31.2. The SMILES string of the molecule is CCCCC[C@@H](O)P(=O)(OC(C)C)OC(C)C. The average molecular weight is 266 g/mol. The van der Waals surface area contributed by atoms with Crippen LogP contribution < -0.4 is 0 Å². The summed E-state index contributed by atoms with van der Waals surface area (Å²) in [6.45, 7) is 9.23. The average Bonchev–Trinajstić information content (AvgIpc) is 2.15. The van der Waals surface area contributed by atoms with Crippen LogP contribution in [0.4, 0.5) is 0 Å². The van der Waals surface area contributed by atoms with Gasteiger partial charge in [-0.25, -0.2) is 0 Å². The molecule has 0 aliphatic heterocycles. The van der Waals surface area contributed by atoms with Gasteiger partial charge in [0.25, 0.3) is 0 Å². The number of rotatable bonds is 9. The molecule has 0 spiro atoms. The van der Waals surface area contributed by atoms with Gasteiger partial charge in [-0.2, -0.15) is 0 Å². The zero-order valence-electron chi connectivity index (χ0n) is 11.7. The molecule has 0 unspecified atom stereocenters. The van der Waals surface area contributed by atoms with E-state index in [2.05, 4.69) is 6.92 Å². The maximum absolute atomic E-state index is 12.4. The minimum Gasteiger partial charge on any atom is -0.380 e. The van der Waals surface area contributed by atoms with E-state index in [0.717, 1.165) is 19.3 Å². The van der Waals surface area contributed by atoms with E-state index in [4.69, 9.17) is 9.05 Å². The van der Waals surface area contributed by atoms with Crippen molar-refractivity contribution in [2.24, 2.45) is 0 Å². The van der Waals surface area contributed by atoms with Gasteiger partial charge in [0, 0.05) is 0 Å². The molecule has 0 bridgehead atoms. The molecule has 4 nitrogen and oxygen atoms in total. The lowest BCUT2D eigenvalue weighted by molar-refractivity contribution is 0.0973. The third-order valence-electron chi connectivity index (χ3n) is 2.15. The molecule has 0 aliphatic rings. The second-order valence-electron chi connectivity index (χ2n) is 4.82. The first-order chi connectivity index (χ1) is 7.81. The highest BCUT2D eigenvalue weighted by Crippen LogP contribution is 2.55. The fourth-order valence-corrected chi connectivity index (χ4v) is 3.49. The monoisotopic (exact) mass is 266 g/mol. The van der Waals surface area contributed by atoms with Gasteiger partial charge < -0.3 is 14.2 Å². The number of hydrogen-bond acceptors (Lipinski definition) is 4. The Morgan fingerprint density at radius 3 is 1.88 bits per heavy atom. The Balaban J connectivity index is 4.49. The van der Waals surface area contributed by atoms with Crippen LogP contribution >= 0.6 is 7.60 Å². The molecular weight excluding hydrogens is 239 g/mol. The van der Waals surface area contributed by atoms with Crippen molar-refractivity contribution in [2.75, 3.05) is 0 Å². The summed E-state index contributed by atoms with van der Waals surface area (Å²) in [6, 6.07) is 0. The number of hydrogen-bond donors (Lipinski definition) is 1. The van der Waals surface area contributed by atoms with Crippen molar-refractivity contribution in [3.63, 3.8) is 0 Å². The maximum atomic E-state index is 12.4. The van der Waals surface area contributed by atoms with Crippen molar-refractivity contribution in [3.05, 3.63) is 0 Å². The molecule has 0 saturated heterocycles. The van der Waals surface area contributed by atoms with E-state index in [1.165, 1.54) is 0 Å². The van der Waals surface area contributed by atoms with E-state index in [1.807, 2.05) is 0 Å². The van der Waals surface area contributed by atoms with E-state index >= 15 is 0 Å². The third kappa shape index (κ3) is 7.20. The first-order valence-electron chi connectivity index (χ1n) is 6.46. The van der Waals surface area contributed by atoms with Crippen molar-refractivity contribution >= 4 is 7.60 Å². The predicted octanol–water partition coefficient (Wildman–Crippen LogP) is 3.93. The van der Waals surface area contributed by atoms with E-state index in [1.54, 1.807) is 27.7 Å². The molecule has 17 heavy (non-hydrogen) atoms. The second kappa shape index (κ2) is 8.25. The van der Waals surface area contributed by atoms with Crippen molar-refractivity contribution in [1.29, 1.82) is 0 Å². The normalized spacial score (nSPS) is 14.6. The van der Waals surface area contributed by atoms with E-state index in [9.17, 15) is 9.67 Å². The summed E-state index contributed by atoms with van der Waals surface area (Å²) in [5.41, 5.74) is 0. The van der Waals surface area contributed by atoms with Crippen LogP contribution in [0.1, 0.15) is 60.3 Å². The summed E-state index contributed by atoms with van der Waals surface area (Å²) in [5.74, 6) is -1.01. The molecule has 0 fully saturated rings. The Labute approximate surface area is 105 Å². The first kappa shape index (κ1) is 17.1. The van der Waals surface area contributed by atoms with Gasteiger partial charge in [0.15, 0.2) is 5.85 Å². The van der Waals surface area contributed by atoms with Gasteiger partial charge >= 0.3 is 7.60 Å². The van der Waals surface area contributed by atoms with Crippen molar-refractivity contribution in [3.8, 4) is 0 Å². The fourth-order valence-electron chi connectivity index (χ4n) is 1.49. The van der Waals surface area contributed by atoms with Crippen LogP contribution in [0.5, 0.6) is 0 Å². The molecule has 104 valence electrons. The summed E-state index contributed by atoms with van der Waals surface area (Å²) in [5, 5.41) is 9.98. The van der Waals surface area contributed by atoms with Gasteiger partial charge in [-0.3, -0.25) is 4.57 Å². The molecule has 0 saturated carbocycles. The van der Waals surface area contributed by atoms with E-state index < -0.39 is 13.4 Å². The summed E-state index contributed by atoms with van der Waals surface area (Å²) in [7, 11) is -3.41. The smallest absolute Gasteiger partial charge is 0.359 e. The van der Waals surface area contributed by atoms with Gasteiger partial charge in [0.05, 0.1) is 12.2 Å². The van der Waals surface area contributed by atoms with Crippen LogP contribution in [0.25, 0.3) is 0 Å². The van der Waals surface area contributed by atoms with Crippen molar-refractivity contribution in [2.45, 2.75) is 78.4 Å². The van der Waals surface area contributed by atoms with Gasteiger partial charge in [-0.05, 0) is 34.1 Å². The largest absolute Gasteiger partial charge is 0.380 e. The molecule has 0 rings (SSSR count). The molecule has 0 radical (unpaired) electrons. The second-order valence-corrected chi connectivity index (χ2v) is 6.92. The van der Waals surface area contributed by atoms with Crippen molar-refractivity contribution in [1.82, 2.24) is 0 Å². The topological polar surface area (TPSA) is 55.8 Å².